The van der Waals surface area contributed by atoms with Gasteiger partial charge in [0.25, 0.3) is 0 Å². The molecule has 0 aromatic carbocycles. The number of H-pyrrole nitrogens is 1. The van der Waals surface area contributed by atoms with Gasteiger partial charge in [0.1, 0.15) is 9.92 Å². The molecule has 18 heavy (non-hydrogen) atoms. The fourth-order valence-corrected chi connectivity index (χ4v) is 3.85. The Bertz CT molecular complexity index is 574. The second-order valence-corrected chi connectivity index (χ2v) is 6.63. The molecule has 1 aliphatic heterocycles. The molecule has 0 radical (unpaired) electrons. The van der Waals surface area contributed by atoms with Crippen molar-refractivity contribution in [2.24, 2.45) is 0 Å². The summed E-state index contributed by atoms with van der Waals surface area (Å²) in [7, 11) is -3.73. The molecular formula is C11H15ClN2O3S. The molecule has 5 nitrogen and oxygen atoms in total. The first-order valence-electron chi connectivity index (χ1n) is 5.90. The SMILES string of the molecule is O=c1c(Cl)c[nH]cc1S(=O)(=O)N1CCCCCC1. The minimum Gasteiger partial charge on any atom is -0.365 e. The summed E-state index contributed by atoms with van der Waals surface area (Å²) < 4.78 is 26.1. The number of nitrogens with zero attached hydrogens (tertiary/aromatic N) is 1. The lowest BCUT2D eigenvalue weighted by Gasteiger charge is -2.19. The van der Waals surface area contributed by atoms with E-state index in [9.17, 15) is 13.2 Å². The van der Waals surface area contributed by atoms with Crippen molar-refractivity contribution in [2.75, 3.05) is 13.1 Å². The zero-order chi connectivity index (χ0) is 13.2. The molecule has 1 N–H and O–H groups in total. The Kier molecular flexibility index (Phi) is 4.09. The molecule has 0 unspecified atom stereocenters. The normalized spacial score (nSPS) is 18.5. The van der Waals surface area contributed by atoms with Gasteiger partial charge in [-0.1, -0.05) is 24.4 Å². The average Bonchev–Trinajstić information content (AvgIpc) is 2.61. The van der Waals surface area contributed by atoms with Crippen LogP contribution in [0.5, 0.6) is 0 Å². The molecule has 0 spiro atoms. The van der Waals surface area contributed by atoms with Gasteiger partial charge in [0.2, 0.25) is 15.5 Å². The molecule has 7 heteroatoms. The van der Waals surface area contributed by atoms with Gasteiger partial charge in [-0.05, 0) is 12.8 Å². The number of aromatic amines is 1. The number of rotatable bonds is 2. The summed E-state index contributed by atoms with van der Waals surface area (Å²) in [6.07, 6.45) is 6.20. The third-order valence-electron chi connectivity index (χ3n) is 3.05. The number of aromatic nitrogens is 1. The van der Waals surface area contributed by atoms with Crippen LogP contribution < -0.4 is 5.43 Å². The maximum atomic E-state index is 12.4. The summed E-state index contributed by atoms with van der Waals surface area (Å²) in [5, 5.41) is -0.106. The number of sulfonamides is 1. The van der Waals surface area contributed by atoms with Crippen LogP contribution in [0.4, 0.5) is 0 Å². The number of halogens is 1. The quantitative estimate of drug-likeness (QED) is 0.899. The van der Waals surface area contributed by atoms with E-state index in [2.05, 4.69) is 4.98 Å². The van der Waals surface area contributed by atoms with Crippen molar-refractivity contribution in [3.05, 3.63) is 27.6 Å². The van der Waals surface area contributed by atoms with Crippen LogP contribution >= 0.6 is 11.6 Å². The minimum absolute atomic E-state index is 0.106. The second-order valence-electron chi connectivity index (χ2n) is 4.31. The lowest BCUT2D eigenvalue weighted by atomic mass is 10.2. The van der Waals surface area contributed by atoms with Crippen molar-refractivity contribution in [3.8, 4) is 0 Å². The number of hydrogen-bond donors (Lipinski definition) is 1. The third-order valence-corrected chi connectivity index (χ3v) is 5.23. The molecule has 2 rings (SSSR count). The highest BCUT2D eigenvalue weighted by molar-refractivity contribution is 7.89. The van der Waals surface area contributed by atoms with E-state index in [0.29, 0.717) is 13.1 Å². The summed E-state index contributed by atoms with van der Waals surface area (Å²) in [6, 6.07) is 0. The maximum Gasteiger partial charge on any atom is 0.248 e. The highest BCUT2D eigenvalue weighted by Crippen LogP contribution is 2.18. The van der Waals surface area contributed by atoms with Gasteiger partial charge in [-0.25, -0.2) is 8.42 Å². The van der Waals surface area contributed by atoms with Gasteiger partial charge in [0, 0.05) is 25.5 Å². The predicted molar refractivity (Wildman–Crippen MR) is 69.3 cm³/mol. The summed E-state index contributed by atoms with van der Waals surface area (Å²) >= 11 is 5.66. The van der Waals surface area contributed by atoms with Crippen LogP contribution in [0.3, 0.4) is 0 Å². The van der Waals surface area contributed by atoms with Crippen molar-refractivity contribution in [2.45, 2.75) is 30.6 Å². The van der Waals surface area contributed by atoms with Crippen LogP contribution in [0.25, 0.3) is 0 Å². The van der Waals surface area contributed by atoms with E-state index in [4.69, 9.17) is 11.6 Å². The average molecular weight is 291 g/mol. The first kappa shape index (κ1) is 13.6. The summed E-state index contributed by atoms with van der Waals surface area (Å²) in [5.74, 6) is 0. The van der Waals surface area contributed by atoms with Crippen LogP contribution in [0.1, 0.15) is 25.7 Å². The van der Waals surface area contributed by atoms with Crippen LogP contribution in [0, 0.1) is 0 Å². The number of pyridine rings is 1. The highest BCUT2D eigenvalue weighted by Gasteiger charge is 2.28. The van der Waals surface area contributed by atoms with Crippen molar-refractivity contribution >= 4 is 21.6 Å². The van der Waals surface area contributed by atoms with Crippen LogP contribution in [0.2, 0.25) is 5.02 Å². The smallest absolute Gasteiger partial charge is 0.248 e. The minimum atomic E-state index is -3.73. The van der Waals surface area contributed by atoms with E-state index in [1.54, 1.807) is 0 Å². The molecule has 0 atom stereocenters. The first-order valence-corrected chi connectivity index (χ1v) is 7.72. The van der Waals surface area contributed by atoms with E-state index in [1.165, 1.54) is 16.7 Å². The van der Waals surface area contributed by atoms with Crippen LogP contribution in [-0.2, 0) is 10.0 Å². The van der Waals surface area contributed by atoms with E-state index in [-0.39, 0.29) is 9.92 Å². The van der Waals surface area contributed by atoms with Gasteiger partial charge in [0.05, 0.1) is 0 Å². The van der Waals surface area contributed by atoms with Gasteiger partial charge >= 0.3 is 0 Å². The van der Waals surface area contributed by atoms with E-state index >= 15 is 0 Å². The molecule has 2 heterocycles. The Morgan fingerprint density at radius 2 is 1.72 bits per heavy atom. The van der Waals surface area contributed by atoms with Gasteiger partial charge in [-0.15, -0.1) is 0 Å². The molecule has 1 aliphatic rings. The predicted octanol–water partition coefficient (Wildman–Crippen LogP) is 1.59. The first-order chi connectivity index (χ1) is 8.53. The Morgan fingerprint density at radius 3 is 2.33 bits per heavy atom. The summed E-state index contributed by atoms with van der Waals surface area (Å²) in [6.45, 7) is 0.933. The molecule has 1 fully saturated rings. The Balaban J connectivity index is 2.41. The Morgan fingerprint density at radius 1 is 1.11 bits per heavy atom. The third kappa shape index (κ3) is 2.60. The van der Waals surface area contributed by atoms with Crippen molar-refractivity contribution in [3.63, 3.8) is 0 Å². The van der Waals surface area contributed by atoms with E-state index in [0.717, 1.165) is 25.7 Å². The molecule has 0 aliphatic carbocycles. The molecule has 1 aromatic rings. The topological polar surface area (TPSA) is 70.2 Å². The zero-order valence-corrected chi connectivity index (χ0v) is 11.4. The largest absolute Gasteiger partial charge is 0.365 e. The fourth-order valence-electron chi connectivity index (χ4n) is 2.05. The molecule has 1 saturated heterocycles. The molecule has 100 valence electrons. The zero-order valence-electron chi connectivity index (χ0n) is 9.86. The standard InChI is InChI=1S/C11H15ClN2O3S/c12-9-7-13-8-10(11(9)15)18(16,17)14-5-3-1-2-4-6-14/h7-8H,1-6H2,(H,13,15). The van der Waals surface area contributed by atoms with Crippen molar-refractivity contribution in [1.82, 2.24) is 9.29 Å². The lowest BCUT2D eigenvalue weighted by molar-refractivity contribution is 0.423. The molecule has 0 bridgehead atoms. The Hall–Kier alpha value is -0.850. The second kappa shape index (κ2) is 5.42. The van der Waals surface area contributed by atoms with Crippen molar-refractivity contribution in [1.29, 1.82) is 0 Å². The van der Waals surface area contributed by atoms with E-state index in [1.807, 2.05) is 0 Å². The van der Waals surface area contributed by atoms with Gasteiger partial charge in [-0.3, -0.25) is 4.79 Å². The number of nitrogens with one attached hydrogen (secondary N) is 1. The Labute approximate surface area is 111 Å². The molecule has 1 aromatic heterocycles. The van der Waals surface area contributed by atoms with Gasteiger partial charge in [0.15, 0.2) is 0 Å². The summed E-state index contributed by atoms with van der Waals surface area (Å²) in [4.78, 5) is 14.1. The maximum absolute atomic E-state index is 12.4. The van der Waals surface area contributed by atoms with Gasteiger partial charge in [-0.2, -0.15) is 4.31 Å². The van der Waals surface area contributed by atoms with Crippen LogP contribution in [0.15, 0.2) is 22.1 Å². The molecule has 0 amide bonds. The summed E-state index contributed by atoms with van der Waals surface area (Å²) in [5.41, 5.74) is -0.639. The molecule has 0 saturated carbocycles. The molecular weight excluding hydrogens is 276 g/mol. The van der Waals surface area contributed by atoms with E-state index < -0.39 is 15.5 Å². The fraction of sp³-hybridized carbons (Fsp3) is 0.545. The lowest BCUT2D eigenvalue weighted by Crippen LogP contribution is -2.34. The highest BCUT2D eigenvalue weighted by atomic mass is 35.5. The van der Waals surface area contributed by atoms with Crippen LogP contribution in [-0.4, -0.2) is 30.8 Å². The van der Waals surface area contributed by atoms with Crippen molar-refractivity contribution < 1.29 is 8.42 Å². The van der Waals surface area contributed by atoms with Gasteiger partial charge < -0.3 is 4.98 Å². The monoisotopic (exact) mass is 290 g/mol. The number of hydrogen-bond acceptors (Lipinski definition) is 3.